The lowest BCUT2D eigenvalue weighted by atomic mass is 9.99. The summed E-state index contributed by atoms with van der Waals surface area (Å²) in [4.78, 5) is 43.0. The quantitative estimate of drug-likeness (QED) is 0.185. The lowest BCUT2D eigenvalue weighted by Crippen LogP contribution is -2.53. The number of hydrogen-bond donors (Lipinski definition) is 4. The van der Waals surface area contributed by atoms with Crippen LogP contribution in [0.1, 0.15) is 69.7 Å². The number of ether oxygens (including phenoxy) is 1. The number of amides is 3. The molecule has 2 unspecified atom stereocenters. The lowest BCUT2D eigenvalue weighted by molar-refractivity contribution is -0.140. The van der Waals surface area contributed by atoms with Gasteiger partial charge in [-0.3, -0.25) is 9.59 Å². The van der Waals surface area contributed by atoms with Gasteiger partial charge < -0.3 is 30.5 Å². The third-order valence-electron chi connectivity index (χ3n) is 6.80. The largest absolute Gasteiger partial charge is 0.508 e. The van der Waals surface area contributed by atoms with Crippen LogP contribution in [0.3, 0.4) is 0 Å². The van der Waals surface area contributed by atoms with E-state index in [1.54, 1.807) is 51.1 Å². The highest BCUT2D eigenvalue weighted by Gasteiger charge is 2.36. The minimum Gasteiger partial charge on any atom is -0.508 e. The van der Waals surface area contributed by atoms with E-state index in [2.05, 4.69) is 10.6 Å². The van der Waals surface area contributed by atoms with Gasteiger partial charge in [-0.2, -0.15) is 0 Å². The number of aryl methyl sites for hydroxylation is 1. The van der Waals surface area contributed by atoms with Gasteiger partial charge in [-0.15, -0.1) is 0 Å². The van der Waals surface area contributed by atoms with Crippen LogP contribution < -0.4 is 10.6 Å². The Bertz CT molecular complexity index is 1380. The third-order valence-corrected chi connectivity index (χ3v) is 6.80. The minimum atomic E-state index is -1.11. The molecule has 0 aliphatic carbocycles. The lowest BCUT2D eigenvalue weighted by Gasteiger charge is -2.35. The molecule has 3 amide bonds. The van der Waals surface area contributed by atoms with Crippen molar-refractivity contribution in [2.45, 2.75) is 78.0 Å². The Morgan fingerprint density at radius 2 is 1.60 bits per heavy atom. The van der Waals surface area contributed by atoms with Crippen LogP contribution >= 0.6 is 0 Å². The number of carbonyl (C=O) groups is 3. The average Bonchev–Trinajstić information content (AvgIpc) is 2.93. The number of alkyl carbamates (subject to hydrolysis) is 1. The summed E-state index contributed by atoms with van der Waals surface area (Å²) in [6, 6.07) is 17.8. The van der Waals surface area contributed by atoms with Crippen molar-refractivity contribution in [3.8, 4) is 11.5 Å². The van der Waals surface area contributed by atoms with Crippen molar-refractivity contribution in [3.05, 3.63) is 89.5 Å². The molecule has 0 saturated carbocycles. The number of rotatable bonds is 12. The number of para-hydroxylation sites is 1. The molecule has 0 radical (unpaired) electrons. The molecule has 43 heavy (non-hydrogen) atoms. The molecule has 0 aliphatic heterocycles. The summed E-state index contributed by atoms with van der Waals surface area (Å²) in [6.07, 6.45) is 1.65. The van der Waals surface area contributed by atoms with Gasteiger partial charge in [0.15, 0.2) is 0 Å². The fraction of sp³-hybridized carbons (Fsp3) is 0.382. The molecule has 0 fully saturated rings. The maximum Gasteiger partial charge on any atom is 0.408 e. The number of aromatic hydroxyl groups is 2. The van der Waals surface area contributed by atoms with E-state index in [1.165, 1.54) is 29.2 Å². The number of nitrogens with zero attached hydrogens (tertiary/aromatic N) is 1. The first-order chi connectivity index (χ1) is 20.4. The zero-order valence-electron chi connectivity index (χ0n) is 25.6. The van der Waals surface area contributed by atoms with Crippen LogP contribution in [0.4, 0.5) is 10.5 Å². The molecule has 9 nitrogen and oxygen atoms in total. The van der Waals surface area contributed by atoms with Crippen LogP contribution in [0.2, 0.25) is 0 Å². The first kappa shape index (κ1) is 33.0. The second-order valence-electron chi connectivity index (χ2n) is 11.6. The molecule has 0 aliphatic rings. The summed E-state index contributed by atoms with van der Waals surface area (Å²) >= 11 is 0. The Balaban J connectivity index is 2.08. The number of nitrogens with one attached hydrogen (secondary N) is 2. The highest BCUT2D eigenvalue weighted by atomic mass is 16.6. The number of unbranched alkanes of at least 4 members (excludes halogenated alkanes) is 2. The summed E-state index contributed by atoms with van der Waals surface area (Å²) in [5.74, 6) is -0.905. The Hall–Kier alpha value is -4.53. The van der Waals surface area contributed by atoms with Crippen molar-refractivity contribution in [1.82, 2.24) is 10.2 Å². The molecule has 0 aromatic heterocycles. The Labute approximate surface area is 253 Å². The fourth-order valence-electron chi connectivity index (χ4n) is 4.70. The highest BCUT2D eigenvalue weighted by Crippen LogP contribution is 2.28. The molecule has 0 heterocycles. The normalized spacial score (nSPS) is 12.6. The molecule has 2 atom stereocenters. The smallest absolute Gasteiger partial charge is 0.408 e. The number of phenols is 2. The van der Waals surface area contributed by atoms with Crippen molar-refractivity contribution in [3.63, 3.8) is 0 Å². The molecule has 230 valence electrons. The van der Waals surface area contributed by atoms with Crippen LogP contribution in [-0.4, -0.2) is 51.2 Å². The van der Waals surface area contributed by atoms with Gasteiger partial charge in [-0.05, 0) is 81.1 Å². The van der Waals surface area contributed by atoms with E-state index in [0.29, 0.717) is 23.2 Å². The van der Waals surface area contributed by atoms with E-state index in [1.807, 2.05) is 32.0 Å². The molecular formula is C34H43N3O6. The van der Waals surface area contributed by atoms with E-state index in [0.717, 1.165) is 18.4 Å². The molecule has 0 spiro atoms. The Morgan fingerprint density at radius 1 is 0.907 bits per heavy atom. The van der Waals surface area contributed by atoms with Gasteiger partial charge in [0, 0.05) is 18.7 Å². The molecule has 9 heteroatoms. The number of benzene rings is 3. The zero-order valence-corrected chi connectivity index (χ0v) is 25.6. The molecule has 4 N–H and O–H groups in total. The second-order valence-corrected chi connectivity index (χ2v) is 11.6. The summed E-state index contributed by atoms with van der Waals surface area (Å²) in [6.45, 7) is 9.34. The first-order valence-corrected chi connectivity index (χ1v) is 14.6. The number of carbonyl (C=O) groups excluding carboxylic acids is 3. The molecule has 3 aromatic carbocycles. The van der Waals surface area contributed by atoms with Crippen LogP contribution in [0.25, 0.3) is 0 Å². The monoisotopic (exact) mass is 589 g/mol. The molecule has 0 saturated heterocycles. The van der Waals surface area contributed by atoms with Gasteiger partial charge >= 0.3 is 6.09 Å². The maximum atomic E-state index is 14.5. The molecular weight excluding hydrogens is 546 g/mol. The Morgan fingerprint density at radius 3 is 2.23 bits per heavy atom. The highest BCUT2D eigenvalue weighted by molar-refractivity contribution is 5.99. The van der Waals surface area contributed by atoms with Gasteiger partial charge in [0.2, 0.25) is 5.91 Å². The predicted octanol–water partition coefficient (Wildman–Crippen LogP) is 6.24. The van der Waals surface area contributed by atoms with Gasteiger partial charge in [-0.1, -0.05) is 62.2 Å². The van der Waals surface area contributed by atoms with E-state index >= 15 is 0 Å². The van der Waals surface area contributed by atoms with Gasteiger partial charge in [0.1, 0.15) is 29.2 Å². The molecule has 3 aromatic rings. The van der Waals surface area contributed by atoms with E-state index in [4.69, 9.17) is 4.74 Å². The van der Waals surface area contributed by atoms with Crippen molar-refractivity contribution in [2.75, 3.05) is 11.9 Å². The predicted molar refractivity (Wildman–Crippen MR) is 167 cm³/mol. The van der Waals surface area contributed by atoms with Crippen molar-refractivity contribution >= 4 is 23.6 Å². The van der Waals surface area contributed by atoms with Crippen molar-refractivity contribution in [1.29, 1.82) is 0 Å². The van der Waals surface area contributed by atoms with E-state index in [-0.39, 0.29) is 24.5 Å². The van der Waals surface area contributed by atoms with E-state index in [9.17, 15) is 24.6 Å². The standard InChI is InChI=1S/C34H43N3O6/c1-6-7-10-20-37(30(25-13-11-14-27(39)22-25)31(40)35-28-15-9-8-12-23(28)2)32(41)29(36-33(42)43-34(3,4)5)21-24-16-18-26(38)19-17-24/h8-9,11-19,22,29-30,38-39H,6-7,10,20-21H2,1-5H3,(H,35,40)(H,36,42). The van der Waals surface area contributed by atoms with Crippen molar-refractivity contribution < 1.29 is 29.3 Å². The summed E-state index contributed by atoms with van der Waals surface area (Å²) in [5, 5.41) is 25.8. The summed E-state index contributed by atoms with van der Waals surface area (Å²) in [5.41, 5.74) is 1.78. The number of phenolic OH excluding ortho intramolecular Hbond substituents is 2. The first-order valence-electron chi connectivity index (χ1n) is 14.6. The second kappa shape index (κ2) is 15.1. The number of hydrogen-bond acceptors (Lipinski definition) is 6. The third kappa shape index (κ3) is 10.1. The van der Waals surface area contributed by atoms with Crippen LogP contribution in [0.5, 0.6) is 11.5 Å². The van der Waals surface area contributed by atoms with E-state index < -0.39 is 35.6 Å². The number of anilines is 1. The van der Waals surface area contributed by atoms with Gasteiger partial charge in [-0.25, -0.2) is 4.79 Å². The Kier molecular flexibility index (Phi) is 11.6. The topological polar surface area (TPSA) is 128 Å². The van der Waals surface area contributed by atoms with Gasteiger partial charge in [0.25, 0.3) is 5.91 Å². The van der Waals surface area contributed by atoms with Crippen LogP contribution in [0.15, 0.2) is 72.8 Å². The molecule has 3 rings (SSSR count). The average molecular weight is 590 g/mol. The van der Waals surface area contributed by atoms with Crippen LogP contribution in [0, 0.1) is 6.92 Å². The summed E-state index contributed by atoms with van der Waals surface area (Å²) in [7, 11) is 0. The van der Waals surface area contributed by atoms with Crippen molar-refractivity contribution in [2.24, 2.45) is 0 Å². The fourth-order valence-corrected chi connectivity index (χ4v) is 4.70. The SMILES string of the molecule is CCCCCN(C(=O)C(Cc1ccc(O)cc1)NC(=O)OC(C)(C)C)C(C(=O)Nc1ccccc1C)c1cccc(O)c1. The van der Waals surface area contributed by atoms with Crippen LogP contribution in [-0.2, 0) is 20.7 Å². The summed E-state index contributed by atoms with van der Waals surface area (Å²) < 4.78 is 5.48. The maximum absolute atomic E-state index is 14.5. The van der Waals surface area contributed by atoms with Gasteiger partial charge in [0.05, 0.1) is 0 Å². The zero-order chi connectivity index (χ0) is 31.6. The molecule has 0 bridgehead atoms. The minimum absolute atomic E-state index is 0.0420.